The van der Waals surface area contributed by atoms with Gasteiger partial charge in [-0.25, -0.2) is 4.39 Å². The fourth-order valence-corrected chi connectivity index (χ4v) is 1.27. The van der Waals surface area contributed by atoms with E-state index in [1.807, 2.05) is 6.92 Å². The lowest BCUT2D eigenvalue weighted by Crippen LogP contribution is -1.94. The van der Waals surface area contributed by atoms with E-state index in [-0.39, 0.29) is 5.82 Å². The summed E-state index contributed by atoms with van der Waals surface area (Å²) in [5, 5.41) is 2.97. The Hall–Kier alpha value is -1.25. The number of nitroso groups, excluding NO2 is 1. The van der Waals surface area contributed by atoms with Crippen molar-refractivity contribution in [3.8, 4) is 0 Å². The molecule has 3 heteroatoms. The molecule has 0 spiro atoms. The summed E-state index contributed by atoms with van der Waals surface area (Å²) in [6, 6.07) is 5.64. The van der Waals surface area contributed by atoms with Crippen LogP contribution in [0.1, 0.15) is 31.4 Å². The van der Waals surface area contributed by atoms with Gasteiger partial charge < -0.3 is 0 Å². The molecule has 0 saturated carbocycles. The summed E-state index contributed by atoms with van der Waals surface area (Å²) in [6.45, 7) is 1.97. The van der Waals surface area contributed by atoms with Gasteiger partial charge in [0, 0.05) is 0 Å². The van der Waals surface area contributed by atoms with Crippen molar-refractivity contribution in [2.75, 3.05) is 0 Å². The molecule has 0 saturated heterocycles. The van der Waals surface area contributed by atoms with Crippen LogP contribution in [-0.4, -0.2) is 0 Å². The Kier molecular flexibility index (Phi) is 3.55. The van der Waals surface area contributed by atoms with Crippen molar-refractivity contribution in [2.45, 2.75) is 25.8 Å². The molecule has 0 radical (unpaired) electrons. The number of rotatable bonds is 4. The third kappa shape index (κ3) is 2.61. The predicted octanol–water partition coefficient (Wildman–Crippen LogP) is 3.43. The largest absolute Gasteiger partial charge is 0.207 e. The quantitative estimate of drug-likeness (QED) is 0.654. The van der Waals surface area contributed by atoms with Crippen molar-refractivity contribution in [2.24, 2.45) is 5.18 Å². The molecule has 0 aliphatic heterocycles. The van der Waals surface area contributed by atoms with E-state index in [0.29, 0.717) is 12.0 Å². The summed E-state index contributed by atoms with van der Waals surface area (Å²) in [5.74, 6) is -0.317. The molecule has 1 atom stereocenters. The second-order valence-electron chi connectivity index (χ2n) is 2.96. The van der Waals surface area contributed by atoms with Gasteiger partial charge in [-0.1, -0.05) is 30.7 Å². The van der Waals surface area contributed by atoms with Gasteiger partial charge in [0.15, 0.2) is 0 Å². The highest BCUT2D eigenvalue weighted by atomic mass is 19.1. The van der Waals surface area contributed by atoms with Crippen LogP contribution >= 0.6 is 0 Å². The van der Waals surface area contributed by atoms with Crippen LogP contribution in [0.15, 0.2) is 29.4 Å². The second kappa shape index (κ2) is 4.70. The first-order chi connectivity index (χ1) is 6.27. The van der Waals surface area contributed by atoms with E-state index < -0.39 is 6.04 Å². The Morgan fingerprint density at radius 3 is 2.85 bits per heavy atom. The Balaban J connectivity index is 2.84. The van der Waals surface area contributed by atoms with Crippen LogP contribution in [0.2, 0.25) is 0 Å². The van der Waals surface area contributed by atoms with E-state index in [0.717, 1.165) is 6.42 Å². The van der Waals surface area contributed by atoms with Crippen LogP contribution in [0.4, 0.5) is 4.39 Å². The van der Waals surface area contributed by atoms with Crippen molar-refractivity contribution >= 4 is 0 Å². The molecule has 70 valence electrons. The molecule has 0 bridgehead atoms. The van der Waals surface area contributed by atoms with Gasteiger partial charge in [-0.05, 0) is 24.1 Å². The summed E-state index contributed by atoms with van der Waals surface area (Å²) < 4.78 is 12.8. The lowest BCUT2D eigenvalue weighted by atomic mass is 10.0. The molecule has 0 aliphatic carbocycles. The van der Waals surface area contributed by atoms with E-state index in [1.165, 1.54) is 12.1 Å². The van der Waals surface area contributed by atoms with Crippen LogP contribution < -0.4 is 0 Å². The van der Waals surface area contributed by atoms with E-state index in [1.54, 1.807) is 12.1 Å². The van der Waals surface area contributed by atoms with E-state index >= 15 is 0 Å². The molecule has 0 amide bonds. The standard InChI is InChI=1S/C10H12FNO/c1-2-4-10(12-13)8-5-3-6-9(11)7-8/h3,5-7,10H,2,4H2,1H3/t10-/m0/s1. The van der Waals surface area contributed by atoms with Gasteiger partial charge in [0.1, 0.15) is 11.9 Å². The van der Waals surface area contributed by atoms with Gasteiger partial charge in [0.2, 0.25) is 0 Å². The van der Waals surface area contributed by atoms with E-state index in [2.05, 4.69) is 5.18 Å². The third-order valence-electron chi connectivity index (χ3n) is 1.92. The van der Waals surface area contributed by atoms with Crippen molar-refractivity contribution in [3.63, 3.8) is 0 Å². The maximum Gasteiger partial charge on any atom is 0.123 e. The molecule has 1 aromatic rings. The highest BCUT2D eigenvalue weighted by Crippen LogP contribution is 2.22. The maximum absolute atomic E-state index is 12.8. The zero-order valence-corrected chi connectivity index (χ0v) is 7.53. The SMILES string of the molecule is CCC[C@H](N=O)c1cccc(F)c1. The number of hydrogen-bond donors (Lipinski definition) is 0. The highest BCUT2D eigenvalue weighted by Gasteiger charge is 2.10. The number of hydrogen-bond acceptors (Lipinski definition) is 2. The minimum Gasteiger partial charge on any atom is -0.207 e. The minimum atomic E-state index is -0.402. The lowest BCUT2D eigenvalue weighted by molar-refractivity contribution is 0.604. The molecule has 0 heterocycles. The monoisotopic (exact) mass is 181 g/mol. The Labute approximate surface area is 76.8 Å². The number of nitrogens with zero attached hydrogens (tertiary/aromatic N) is 1. The summed E-state index contributed by atoms with van der Waals surface area (Å²) in [6.07, 6.45) is 1.54. The average molecular weight is 181 g/mol. The Morgan fingerprint density at radius 2 is 2.31 bits per heavy atom. The van der Waals surface area contributed by atoms with E-state index in [4.69, 9.17) is 0 Å². The maximum atomic E-state index is 12.8. The van der Waals surface area contributed by atoms with E-state index in [9.17, 15) is 9.30 Å². The van der Waals surface area contributed by atoms with Crippen molar-refractivity contribution in [1.82, 2.24) is 0 Å². The lowest BCUT2D eigenvalue weighted by Gasteiger charge is -2.06. The van der Waals surface area contributed by atoms with Gasteiger partial charge in [-0.2, -0.15) is 4.91 Å². The Morgan fingerprint density at radius 1 is 1.54 bits per heavy atom. The molecular weight excluding hydrogens is 169 g/mol. The normalized spacial score (nSPS) is 12.5. The van der Waals surface area contributed by atoms with Gasteiger partial charge >= 0.3 is 0 Å². The molecule has 0 unspecified atom stereocenters. The second-order valence-corrected chi connectivity index (χ2v) is 2.96. The molecule has 13 heavy (non-hydrogen) atoms. The number of halogens is 1. The van der Waals surface area contributed by atoms with Gasteiger partial charge in [0.25, 0.3) is 0 Å². The minimum absolute atomic E-state index is 0.317. The smallest absolute Gasteiger partial charge is 0.123 e. The molecule has 2 nitrogen and oxygen atoms in total. The molecule has 1 rings (SSSR count). The van der Waals surface area contributed by atoms with Crippen molar-refractivity contribution in [3.05, 3.63) is 40.6 Å². The molecule has 0 aliphatic rings. The topological polar surface area (TPSA) is 29.4 Å². The highest BCUT2D eigenvalue weighted by molar-refractivity contribution is 5.20. The van der Waals surface area contributed by atoms with Crippen LogP contribution in [0, 0.1) is 10.7 Å². The van der Waals surface area contributed by atoms with Crippen molar-refractivity contribution < 1.29 is 4.39 Å². The first-order valence-electron chi connectivity index (χ1n) is 4.36. The summed E-state index contributed by atoms with van der Waals surface area (Å²) in [7, 11) is 0. The summed E-state index contributed by atoms with van der Waals surface area (Å²) >= 11 is 0. The zero-order valence-electron chi connectivity index (χ0n) is 7.53. The van der Waals surface area contributed by atoms with Crippen LogP contribution in [0.25, 0.3) is 0 Å². The van der Waals surface area contributed by atoms with Crippen LogP contribution in [-0.2, 0) is 0 Å². The summed E-state index contributed by atoms with van der Waals surface area (Å²) in [4.78, 5) is 10.4. The van der Waals surface area contributed by atoms with Gasteiger partial charge in [-0.15, -0.1) is 0 Å². The van der Waals surface area contributed by atoms with Gasteiger partial charge in [-0.3, -0.25) is 0 Å². The molecule has 0 N–H and O–H groups in total. The number of benzene rings is 1. The third-order valence-corrected chi connectivity index (χ3v) is 1.92. The van der Waals surface area contributed by atoms with Crippen molar-refractivity contribution in [1.29, 1.82) is 0 Å². The predicted molar refractivity (Wildman–Crippen MR) is 49.8 cm³/mol. The zero-order chi connectivity index (χ0) is 9.68. The van der Waals surface area contributed by atoms with Crippen LogP contribution in [0.3, 0.4) is 0 Å². The van der Waals surface area contributed by atoms with Gasteiger partial charge in [0.05, 0.1) is 0 Å². The fourth-order valence-electron chi connectivity index (χ4n) is 1.27. The first-order valence-corrected chi connectivity index (χ1v) is 4.36. The molecule has 1 aromatic carbocycles. The van der Waals surface area contributed by atoms with Crippen LogP contribution in [0.5, 0.6) is 0 Å². The first kappa shape index (κ1) is 9.84. The summed E-state index contributed by atoms with van der Waals surface area (Å²) in [5.41, 5.74) is 0.664. The average Bonchev–Trinajstić information content (AvgIpc) is 2.14. The molecule has 0 aromatic heterocycles. The Bertz CT molecular complexity index is 288. The molecular formula is C10H12FNO. The molecule has 0 fully saturated rings. The fraction of sp³-hybridized carbons (Fsp3) is 0.400.